The van der Waals surface area contributed by atoms with Crippen molar-refractivity contribution in [1.29, 1.82) is 0 Å². The zero-order chi connectivity index (χ0) is 12.8. The molecule has 0 aromatic carbocycles. The summed E-state index contributed by atoms with van der Waals surface area (Å²) in [6, 6.07) is 0. The minimum atomic E-state index is -0.640. The van der Waals surface area contributed by atoms with Gasteiger partial charge in [0.2, 0.25) is 0 Å². The second-order valence-electron chi connectivity index (χ2n) is 6.78. The van der Waals surface area contributed by atoms with Gasteiger partial charge in [-0.1, -0.05) is 25.5 Å². The molecule has 2 N–H and O–H groups in total. The van der Waals surface area contributed by atoms with Gasteiger partial charge in [0.15, 0.2) is 0 Å². The lowest BCUT2D eigenvalue weighted by Gasteiger charge is -2.34. The van der Waals surface area contributed by atoms with Gasteiger partial charge in [0, 0.05) is 5.92 Å². The van der Waals surface area contributed by atoms with E-state index >= 15 is 0 Å². The van der Waals surface area contributed by atoms with E-state index in [0.717, 1.165) is 25.7 Å². The van der Waals surface area contributed by atoms with Gasteiger partial charge in [-0.3, -0.25) is 0 Å². The van der Waals surface area contributed by atoms with Gasteiger partial charge < -0.3 is 10.2 Å². The van der Waals surface area contributed by atoms with Gasteiger partial charge in [-0.05, 0) is 51.4 Å². The summed E-state index contributed by atoms with van der Waals surface area (Å²) in [5.41, 5.74) is 0.136. The number of rotatable bonds is 1. The van der Waals surface area contributed by atoms with Crippen molar-refractivity contribution in [1.82, 2.24) is 0 Å². The normalized spacial score (nSPS) is 46.6. The van der Waals surface area contributed by atoms with E-state index in [1.165, 1.54) is 5.57 Å². The van der Waals surface area contributed by atoms with Gasteiger partial charge >= 0.3 is 0 Å². The fourth-order valence-electron chi connectivity index (χ4n) is 3.60. The van der Waals surface area contributed by atoms with Gasteiger partial charge in [-0.15, -0.1) is 0 Å². The molecule has 2 nitrogen and oxygen atoms in total. The Morgan fingerprint density at radius 2 is 1.82 bits per heavy atom. The SMILES string of the molecule is CC(C)C1=C[C@@H]2[C@H](CC[C@@]2(C)O)[C@](C)(O)CC1. The Balaban J connectivity index is 2.37. The molecule has 0 heterocycles. The third-order valence-corrected chi connectivity index (χ3v) is 4.97. The summed E-state index contributed by atoms with van der Waals surface area (Å²) in [7, 11) is 0. The molecule has 0 spiro atoms. The molecule has 98 valence electrons. The summed E-state index contributed by atoms with van der Waals surface area (Å²) < 4.78 is 0. The molecule has 2 aliphatic carbocycles. The number of hydrogen-bond acceptors (Lipinski definition) is 2. The lowest BCUT2D eigenvalue weighted by Crippen LogP contribution is -2.40. The van der Waals surface area contributed by atoms with E-state index in [-0.39, 0.29) is 11.8 Å². The predicted octanol–water partition coefficient (Wildman–Crippen LogP) is 2.89. The number of fused-ring (bicyclic) bond motifs is 1. The molecule has 2 rings (SSSR count). The van der Waals surface area contributed by atoms with Crippen LogP contribution in [0.25, 0.3) is 0 Å². The monoisotopic (exact) mass is 238 g/mol. The van der Waals surface area contributed by atoms with E-state index in [0.29, 0.717) is 5.92 Å². The molecule has 0 unspecified atom stereocenters. The summed E-state index contributed by atoms with van der Waals surface area (Å²) in [6.45, 7) is 8.27. The maximum Gasteiger partial charge on any atom is 0.0686 e. The molecule has 17 heavy (non-hydrogen) atoms. The maximum atomic E-state index is 10.6. The average molecular weight is 238 g/mol. The molecule has 0 amide bonds. The highest BCUT2D eigenvalue weighted by molar-refractivity contribution is 5.19. The van der Waals surface area contributed by atoms with Gasteiger partial charge in [0.25, 0.3) is 0 Å². The number of allylic oxidation sites excluding steroid dienone is 1. The van der Waals surface area contributed by atoms with Crippen LogP contribution in [-0.4, -0.2) is 21.4 Å². The molecule has 1 saturated carbocycles. The molecule has 0 aliphatic heterocycles. The highest BCUT2D eigenvalue weighted by atomic mass is 16.3. The summed E-state index contributed by atoms with van der Waals surface area (Å²) in [4.78, 5) is 0. The van der Waals surface area contributed by atoms with Crippen molar-refractivity contribution in [3.8, 4) is 0 Å². The highest BCUT2D eigenvalue weighted by Gasteiger charge is 2.50. The lowest BCUT2D eigenvalue weighted by atomic mass is 9.77. The Hall–Kier alpha value is -0.340. The van der Waals surface area contributed by atoms with Gasteiger partial charge in [-0.25, -0.2) is 0 Å². The highest BCUT2D eigenvalue weighted by Crippen LogP contribution is 2.50. The summed E-state index contributed by atoms with van der Waals surface area (Å²) in [5.74, 6) is 0.854. The van der Waals surface area contributed by atoms with E-state index in [1.54, 1.807) is 0 Å². The van der Waals surface area contributed by atoms with Gasteiger partial charge in [-0.2, -0.15) is 0 Å². The third kappa shape index (κ3) is 2.30. The van der Waals surface area contributed by atoms with Crippen molar-refractivity contribution in [2.24, 2.45) is 17.8 Å². The van der Waals surface area contributed by atoms with Crippen LogP contribution < -0.4 is 0 Å². The number of aliphatic hydroxyl groups is 2. The lowest BCUT2D eigenvalue weighted by molar-refractivity contribution is -0.0419. The Kier molecular flexibility index (Phi) is 3.16. The fourth-order valence-corrected chi connectivity index (χ4v) is 3.60. The van der Waals surface area contributed by atoms with Crippen molar-refractivity contribution < 1.29 is 10.2 Å². The second kappa shape index (κ2) is 4.10. The topological polar surface area (TPSA) is 40.5 Å². The summed E-state index contributed by atoms with van der Waals surface area (Å²) in [5, 5.41) is 21.1. The predicted molar refractivity (Wildman–Crippen MR) is 69.6 cm³/mol. The van der Waals surface area contributed by atoms with Crippen LogP contribution in [0.15, 0.2) is 11.6 Å². The van der Waals surface area contributed by atoms with Crippen LogP contribution in [0, 0.1) is 17.8 Å². The van der Waals surface area contributed by atoms with Crippen molar-refractivity contribution >= 4 is 0 Å². The van der Waals surface area contributed by atoms with E-state index in [4.69, 9.17) is 0 Å². The van der Waals surface area contributed by atoms with Crippen molar-refractivity contribution in [2.45, 2.75) is 64.6 Å². The fraction of sp³-hybridized carbons (Fsp3) is 0.867. The second-order valence-corrected chi connectivity index (χ2v) is 6.78. The van der Waals surface area contributed by atoms with E-state index in [1.807, 2.05) is 13.8 Å². The first kappa shape index (κ1) is 13.1. The van der Waals surface area contributed by atoms with Crippen LogP contribution >= 0.6 is 0 Å². The van der Waals surface area contributed by atoms with E-state index in [2.05, 4.69) is 19.9 Å². The Morgan fingerprint density at radius 1 is 1.18 bits per heavy atom. The molecular weight excluding hydrogens is 212 g/mol. The van der Waals surface area contributed by atoms with Crippen LogP contribution in [0.3, 0.4) is 0 Å². The van der Waals surface area contributed by atoms with Gasteiger partial charge in [0.1, 0.15) is 0 Å². The molecule has 2 heteroatoms. The van der Waals surface area contributed by atoms with Crippen LogP contribution in [0.5, 0.6) is 0 Å². The smallest absolute Gasteiger partial charge is 0.0686 e. The largest absolute Gasteiger partial charge is 0.390 e. The molecular formula is C15H26O2. The van der Waals surface area contributed by atoms with Crippen molar-refractivity contribution in [3.63, 3.8) is 0 Å². The van der Waals surface area contributed by atoms with E-state index in [9.17, 15) is 10.2 Å². The molecule has 0 aromatic heterocycles. The first-order chi connectivity index (χ1) is 7.74. The molecule has 2 aliphatic rings. The van der Waals surface area contributed by atoms with Crippen molar-refractivity contribution in [3.05, 3.63) is 11.6 Å². The molecule has 0 saturated heterocycles. The first-order valence-corrected chi connectivity index (χ1v) is 6.89. The zero-order valence-electron chi connectivity index (χ0n) is 11.5. The quantitative estimate of drug-likeness (QED) is 0.690. The Morgan fingerprint density at radius 3 is 2.41 bits per heavy atom. The van der Waals surface area contributed by atoms with Crippen LogP contribution in [0.2, 0.25) is 0 Å². The van der Waals surface area contributed by atoms with E-state index < -0.39 is 11.2 Å². The summed E-state index contributed by atoms with van der Waals surface area (Å²) >= 11 is 0. The number of hydrogen-bond donors (Lipinski definition) is 2. The summed E-state index contributed by atoms with van der Waals surface area (Å²) in [6.07, 6.45) is 5.80. The first-order valence-electron chi connectivity index (χ1n) is 6.89. The minimum absolute atomic E-state index is 0.123. The molecule has 0 bridgehead atoms. The minimum Gasteiger partial charge on any atom is -0.390 e. The Labute approximate surface area is 105 Å². The maximum absolute atomic E-state index is 10.6. The third-order valence-electron chi connectivity index (χ3n) is 4.97. The van der Waals surface area contributed by atoms with Crippen molar-refractivity contribution in [2.75, 3.05) is 0 Å². The molecule has 1 fully saturated rings. The standard InChI is InChI=1S/C15H26O2/c1-10(2)11-5-7-14(3,16)12-6-8-15(4,17)13(12)9-11/h9-10,12-13,16-17H,5-8H2,1-4H3/t12-,13+,14+,15+/m0/s1. The average Bonchev–Trinajstić information content (AvgIpc) is 2.39. The van der Waals surface area contributed by atoms with Crippen LogP contribution in [-0.2, 0) is 0 Å². The molecule has 0 radical (unpaired) electrons. The Bertz CT molecular complexity index is 326. The molecule has 0 aromatic rings. The molecule has 4 atom stereocenters. The van der Waals surface area contributed by atoms with Crippen LogP contribution in [0.4, 0.5) is 0 Å². The van der Waals surface area contributed by atoms with Crippen LogP contribution in [0.1, 0.15) is 53.4 Å². The zero-order valence-corrected chi connectivity index (χ0v) is 11.5. The van der Waals surface area contributed by atoms with Gasteiger partial charge in [0.05, 0.1) is 11.2 Å².